The van der Waals surface area contributed by atoms with E-state index in [4.69, 9.17) is 20.1 Å². The molecule has 0 saturated heterocycles. The second-order valence-corrected chi connectivity index (χ2v) is 15.6. The van der Waals surface area contributed by atoms with E-state index in [-0.39, 0.29) is 7.58 Å². The van der Waals surface area contributed by atoms with E-state index in [0.717, 1.165) is 25.8 Å². The number of hydrogen-bond acceptors (Lipinski definition) is 8. The number of rotatable bonds is 16. The molecular weight excluding hydrogens is 791 g/mol. The Morgan fingerprint density at radius 2 is 1.00 bits per heavy atom. The zero-order valence-electron chi connectivity index (χ0n) is 29.8. The number of hydrogen-bond donors (Lipinski definition) is 1. The van der Waals surface area contributed by atoms with Gasteiger partial charge >= 0.3 is 33.2 Å². The Labute approximate surface area is 323 Å². The molecule has 0 aliphatic rings. The molecule has 0 unspecified atom stereocenters. The predicted molar refractivity (Wildman–Crippen MR) is 217 cm³/mol. The second-order valence-electron chi connectivity index (χ2n) is 10.4. The van der Waals surface area contributed by atoms with Gasteiger partial charge in [0.15, 0.2) is 0 Å². The number of carbonyl (C=O) groups is 1. The molecule has 0 heterocycles. The summed E-state index contributed by atoms with van der Waals surface area (Å²) >= 11 is 1.62. The molecule has 0 spiro atoms. The van der Waals surface area contributed by atoms with E-state index < -0.39 is 15.8 Å². The van der Waals surface area contributed by atoms with E-state index in [0.29, 0.717) is 26.2 Å². The molecule has 4 rings (SSSR count). The summed E-state index contributed by atoms with van der Waals surface area (Å²) in [6.45, 7) is 7.50. The molecule has 0 fully saturated rings. The Bertz CT molecular complexity index is 1190. The molecule has 4 aromatic carbocycles. The summed E-state index contributed by atoms with van der Waals surface area (Å²) in [6.07, 6.45) is 5.08. The van der Waals surface area contributed by atoms with Crippen LogP contribution >= 0.6 is 25.5 Å². The third kappa shape index (κ3) is 25.8. The van der Waals surface area contributed by atoms with Crippen molar-refractivity contribution >= 4 is 66.0 Å². The van der Waals surface area contributed by atoms with Crippen molar-refractivity contribution in [3.63, 3.8) is 0 Å². The Morgan fingerprint density at radius 1 is 0.706 bits per heavy atom. The fraction of sp³-hybridized carbons (Fsp3) is 0.308. The second kappa shape index (κ2) is 38.4. The molecule has 280 valence electrons. The monoisotopic (exact) mass is 847 g/mol. The van der Waals surface area contributed by atoms with Crippen molar-refractivity contribution in [1.82, 2.24) is 4.90 Å². The van der Waals surface area contributed by atoms with Crippen LogP contribution in [0.1, 0.15) is 14.3 Å². The topological polar surface area (TPSA) is 116 Å². The number of benzene rings is 4. The molecule has 4 aromatic rings. The van der Waals surface area contributed by atoms with E-state index >= 15 is 0 Å². The molecule has 8 nitrogen and oxygen atoms in total. The van der Waals surface area contributed by atoms with Gasteiger partial charge in [0.2, 0.25) is 0 Å². The molecule has 0 amide bonds. The standard InChI is InChI=1S/C29H31NP2.C5H10O2.C3H9NO.CO2.CHO.ClH.Ru.H2.H/c1-30(22-24-31(26-14-6-2-7-15-26)27-16-8-3-9-17-27)23-25-32(28-18-10-4-11-19-28)29-20-12-5-13-21-29;1-7-5-3-2-4-6;1-5-3-2-4;2-1-3;1-2;;;;/h2-21H,22-25H2,1H3;4H,2-3,5H2,1H3;2-4H2,1H3;;1H;1H;;1H;/q;;;;-1;;+3;;/p+1. The van der Waals surface area contributed by atoms with Gasteiger partial charge in [-0.3, -0.25) is 11.7 Å². The van der Waals surface area contributed by atoms with E-state index in [2.05, 4.69) is 159 Å². The minimum Gasteiger partial charge on any atom is 0 e. The average Bonchev–Trinajstić information content (AvgIpc) is 3.20. The largest absolute Gasteiger partial charge is 0 e. The first-order valence-electron chi connectivity index (χ1n) is 16.2. The van der Waals surface area contributed by atoms with Crippen LogP contribution in [0.25, 0.3) is 0 Å². The Morgan fingerprint density at radius 3 is 1.22 bits per heavy atom. The van der Waals surface area contributed by atoms with Gasteiger partial charge in [0.1, 0.15) is 6.29 Å². The van der Waals surface area contributed by atoms with Crippen molar-refractivity contribution in [1.29, 1.82) is 0 Å². The Kier molecular flexibility index (Phi) is 37.9. The van der Waals surface area contributed by atoms with Gasteiger partial charge in [0.25, 0.3) is 0 Å². The summed E-state index contributed by atoms with van der Waals surface area (Å²) in [7, 11) is 8.63. The van der Waals surface area contributed by atoms with Gasteiger partial charge in [-0.15, -0.1) is 0 Å². The van der Waals surface area contributed by atoms with Crippen LogP contribution in [0, 0.1) is 0 Å². The molecule has 0 aromatic heterocycles. The van der Waals surface area contributed by atoms with Crippen molar-refractivity contribution in [3.05, 3.63) is 121 Å². The Hall–Kier alpha value is -2.79. The summed E-state index contributed by atoms with van der Waals surface area (Å²) in [5.41, 5.74) is 5.01. The number of nitrogens with two attached hydrogens (primary N) is 1. The number of nitrogens with zero attached hydrogens (tertiary/aromatic N) is 1. The summed E-state index contributed by atoms with van der Waals surface area (Å²) in [5, 5.41) is 6.04. The van der Waals surface area contributed by atoms with Gasteiger partial charge in [-0.1, -0.05) is 72.8 Å². The minimum atomic E-state index is -0.769. The first kappa shape index (κ1) is 50.3. The summed E-state index contributed by atoms with van der Waals surface area (Å²) in [6, 6.07) is 44.4. The SMILES string of the molecule is CN(CC[PH+](c1ccccc1)c1ccccc1)CC[PH+](c1ccccc1)c1ccccc1.COCCCC=O.COCCN.O=C=O.[CH-]=O.[Cl][RuH+2].[HH]. The molecule has 0 radical (unpaired) electrons. The summed E-state index contributed by atoms with van der Waals surface area (Å²) in [5.74, 6) is 0. The van der Waals surface area contributed by atoms with Crippen molar-refractivity contribution in [2.24, 2.45) is 5.73 Å². The normalized spacial score (nSPS) is 9.51. The van der Waals surface area contributed by atoms with Crippen LogP contribution in [0.2, 0.25) is 0 Å². The number of halogens is 1. The summed E-state index contributed by atoms with van der Waals surface area (Å²) in [4.78, 5) is 36.2. The van der Waals surface area contributed by atoms with Crippen LogP contribution in [0.3, 0.4) is 0 Å². The fourth-order valence-electron chi connectivity index (χ4n) is 4.61. The molecule has 0 saturated carbocycles. The molecule has 2 N–H and O–H groups in total. The molecule has 0 aliphatic carbocycles. The fourth-order valence-corrected chi connectivity index (χ4v) is 10.0. The number of ether oxygens (including phenoxy) is 2. The van der Waals surface area contributed by atoms with Gasteiger partial charge in [0.05, 0.1) is 56.0 Å². The van der Waals surface area contributed by atoms with Gasteiger partial charge < -0.3 is 24.8 Å². The molecule has 51 heavy (non-hydrogen) atoms. The quantitative estimate of drug-likeness (QED) is 0.0570. The zero-order valence-corrected chi connectivity index (χ0v) is 34.4. The zero-order chi connectivity index (χ0) is 38.4. The third-order valence-corrected chi connectivity index (χ3v) is 12.5. The molecule has 12 heteroatoms. The van der Waals surface area contributed by atoms with E-state index in [1.807, 2.05) is 0 Å². The maximum atomic E-state index is 9.62. The summed E-state index contributed by atoms with van der Waals surface area (Å²) < 4.78 is 9.25. The first-order chi connectivity index (χ1) is 25.1. The minimum absolute atomic E-state index is 0. The van der Waals surface area contributed by atoms with Crippen LogP contribution in [0.15, 0.2) is 121 Å². The molecular formula is C39H56ClN2O6P2Ru+3. The molecule has 0 atom stereocenters. The van der Waals surface area contributed by atoms with Crippen molar-refractivity contribution in [2.75, 3.05) is 66.4 Å². The predicted octanol–water partition coefficient (Wildman–Crippen LogP) is 4.66. The third-order valence-electron chi connectivity index (χ3n) is 6.97. The van der Waals surface area contributed by atoms with Gasteiger partial charge in [0, 0.05) is 48.3 Å². The maximum Gasteiger partial charge on any atom is 0 e. The molecule has 0 bridgehead atoms. The van der Waals surface area contributed by atoms with Crippen LogP contribution in [0.5, 0.6) is 0 Å². The first-order valence-corrected chi connectivity index (χ1v) is 22.0. The van der Waals surface area contributed by atoms with Crippen LogP contribution in [0.4, 0.5) is 0 Å². The van der Waals surface area contributed by atoms with E-state index in [9.17, 15) is 4.79 Å². The van der Waals surface area contributed by atoms with Gasteiger partial charge in [-0.2, -0.15) is 9.59 Å². The van der Waals surface area contributed by atoms with Crippen molar-refractivity contribution in [3.8, 4) is 0 Å². The van der Waals surface area contributed by atoms with E-state index in [1.54, 1.807) is 31.5 Å². The average molecular weight is 847 g/mol. The number of methoxy groups -OCH3 is 2. The van der Waals surface area contributed by atoms with Gasteiger partial charge in [-0.25, -0.2) is 0 Å². The molecule has 0 aliphatic heterocycles. The van der Waals surface area contributed by atoms with E-state index in [1.165, 1.54) is 33.5 Å². The van der Waals surface area contributed by atoms with Crippen LogP contribution in [-0.4, -0.2) is 90.6 Å². The number of aldehydes is 1. The van der Waals surface area contributed by atoms with Crippen molar-refractivity contribution in [2.45, 2.75) is 12.8 Å². The van der Waals surface area contributed by atoms with Crippen LogP contribution < -0.4 is 27.0 Å². The van der Waals surface area contributed by atoms with Gasteiger partial charge in [-0.05, 0) is 62.0 Å². The van der Waals surface area contributed by atoms with Crippen LogP contribution in [-0.2, 0) is 46.0 Å². The smallest absolute Gasteiger partial charge is 0 e. The maximum absolute atomic E-state index is 9.62. The Balaban J connectivity index is -0.00000100. The number of unbranched alkanes of at least 4 members (excludes halogenated alkanes) is 1. The van der Waals surface area contributed by atoms with Crippen molar-refractivity contribution < 1.29 is 47.4 Å². The number of carbonyl (C=O) groups excluding carboxylic acids is 4.